The van der Waals surface area contributed by atoms with E-state index in [1.54, 1.807) is 0 Å². The van der Waals surface area contributed by atoms with Gasteiger partial charge in [-0.3, -0.25) is 0 Å². The van der Waals surface area contributed by atoms with Crippen LogP contribution < -0.4 is 0 Å². The van der Waals surface area contributed by atoms with Crippen molar-refractivity contribution in [1.29, 1.82) is 0 Å². The van der Waals surface area contributed by atoms with Gasteiger partial charge in [0.25, 0.3) is 0 Å². The van der Waals surface area contributed by atoms with Crippen molar-refractivity contribution in [3.63, 3.8) is 0 Å². The third-order valence-corrected chi connectivity index (χ3v) is 3.24. The van der Waals surface area contributed by atoms with Crippen molar-refractivity contribution in [3.05, 3.63) is 23.5 Å². The quantitative estimate of drug-likeness (QED) is 0.665. The minimum atomic E-state index is -0.926. The second-order valence-corrected chi connectivity index (χ2v) is 4.02. The van der Waals surface area contributed by atoms with Crippen molar-refractivity contribution in [2.24, 2.45) is 11.8 Å². The van der Waals surface area contributed by atoms with Crippen LogP contribution in [0.1, 0.15) is 13.3 Å². The molecule has 82 valence electrons. The van der Waals surface area contributed by atoms with Gasteiger partial charge in [0.15, 0.2) is 0 Å². The maximum absolute atomic E-state index is 11.0. The number of fused-ring (bicyclic) bond motifs is 1. The molecular formula is C11H14O4. The van der Waals surface area contributed by atoms with E-state index < -0.39 is 5.97 Å². The molecule has 2 N–H and O–H groups in total. The number of ether oxygens (including phenoxy) is 1. The molecule has 15 heavy (non-hydrogen) atoms. The monoisotopic (exact) mass is 210 g/mol. The lowest BCUT2D eigenvalue weighted by Gasteiger charge is -2.32. The summed E-state index contributed by atoms with van der Waals surface area (Å²) >= 11 is 0. The van der Waals surface area contributed by atoms with Crippen LogP contribution in [0, 0.1) is 11.8 Å². The highest BCUT2D eigenvalue weighted by molar-refractivity contribution is 5.87. The van der Waals surface area contributed by atoms with Crippen molar-refractivity contribution in [3.8, 4) is 0 Å². The van der Waals surface area contributed by atoms with Gasteiger partial charge in [0.1, 0.15) is 6.10 Å². The van der Waals surface area contributed by atoms with Gasteiger partial charge in [-0.05, 0) is 18.9 Å². The Hall–Kier alpha value is -1.29. The summed E-state index contributed by atoms with van der Waals surface area (Å²) in [6, 6.07) is 0. The molecule has 0 spiro atoms. The predicted octanol–water partition coefficient (Wildman–Crippen LogP) is 0.928. The summed E-state index contributed by atoms with van der Waals surface area (Å²) in [6.45, 7) is 1.89. The van der Waals surface area contributed by atoms with Crippen LogP contribution >= 0.6 is 0 Å². The SMILES string of the molecule is CC1OC=C(C(=O)O)C2CC=C(CO)C12. The van der Waals surface area contributed by atoms with Crippen LogP contribution in [0.15, 0.2) is 23.5 Å². The molecule has 0 radical (unpaired) electrons. The molecule has 0 bridgehead atoms. The zero-order valence-corrected chi connectivity index (χ0v) is 8.51. The average Bonchev–Trinajstić information content (AvgIpc) is 2.62. The normalized spacial score (nSPS) is 33.9. The maximum atomic E-state index is 11.0. The topological polar surface area (TPSA) is 66.8 Å². The molecule has 0 saturated carbocycles. The molecule has 4 nitrogen and oxygen atoms in total. The number of carboxylic acid groups (broad SMARTS) is 1. The number of aliphatic hydroxyl groups is 1. The smallest absolute Gasteiger partial charge is 0.335 e. The molecule has 1 heterocycles. The molecule has 3 atom stereocenters. The predicted molar refractivity (Wildman–Crippen MR) is 53.0 cm³/mol. The van der Waals surface area contributed by atoms with E-state index in [-0.39, 0.29) is 24.5 Å². The standard InChI is InChI=1S/C11H14O4/c1-6-10-7(4-12)2-3-8(10)9(5-15-6)11(13)14/h2,5-6,8,10,12H,3-4H2,1H3,(H,13,14). The van der Waals surface area contributed by atoms with E-state index in [1.165, 1.54) is 6.26 Å². The van der Waals surface area contributed by atoms with E-state index in [2.05, 4.69) is 0 Å². The van der Waals surface area contributed by atoms with Crippen molar-refractivity contribution < 1.29 is 19.7 Å². The molecule has 3 unspecified atom stereocenters. The fraction of sp³-hybridized carbons (Fsp3) is 0.545. The first-order valence-corrected chi connectivity index (χ1v) is 5.03. The summed E-state index contributed by atoms with van der Waals surface area (Å²) in [5, 5.41) is 18.2. The highest BCUT2D eigenvalue weighted by atomic mass is 16.5. The molecule has 0 aromatic rings. The summed E-state index contributed by atoms with van der Waals surface area (Å²) in [4.78, 5) is 11.0. The molecule has 0 aromatic heterocycles. The molecule has 2 rings (SSSR count). The van der Waals surface area contributed by atoms with Gasteiger partial charge in [0.05, 0.1) is 18.4 Å². The first kappa shape index (κ1) is 10.2. The van der Waals surface area contributed by atoms with Gasteiger partial charge in [0.2, 0.25) is 0 Å². The first-order valence-electron chi connectivity index (χ1n) is 5.03. The number of aliphatic carboxylic acids is 1. The Morgan fingerprint density at radius 2 is 2.40 bits per heavy atom. The molecule has 0 fully saturated rings. The van der Waals surface area contributed by atoms with Crippen molar-refractivity contribution >= 4 is 5.97 Å². The number of aliphatic hydroxyl groups excluding tert-OH is 1. The third kappa shape index (κ3) is 1.55. The second kappa shape index (κ2) is 3.70. The van der Waals surface area contributed by atoms with Crippen LogP contribution in [0.25, 0.3) is 0 Å². The van der Waals surface area contributed by atoms with Gasteiger partial charge in [-0.25, -0.2) is 4.79 Å². The average molecular weight is 210 g/mol. The fourth-order valence-corrected chi connectivity index (χ4v) is 2.50. The Morgan fingerprint density at radius 3 is 3.00 bits per heavy atom. The summed E-state index contributed by atoms with van der Waals surface area (Å²) < 4.78 is 5.30. The lowest BCUT2D eigenvalue weighted by atomic mass is 9.81. The molecule has 0 saturated heterocycles. The van der Waals surface area contributed by atoms with Crippen LogP contribution in [0.5, 0.6) is 0 Å². The number of hydrogen-bond acceptors (Lipinski definition) is 3. The number of hydrogen-bond donors (Lipinski definition) is 2. The molecular weight excluding hydrogens is 196 g/mol. The van der Waals surface area contributed by atoms with E-state index in [4.69, 9.17) is 14.9 Å². The molecule has 4 heteroatoms. The molecule has 1 aliphatic heterocycles. The minimum Gasteiger partial charge on any atom is -0.497 e. The zero-order valence-electron chi connectivity index (χ0n) is 8.51. The Balaban J connectivity index is 2.29. The Morgan fingerprint density at radius 1 is 1.67 bits per heavy atom. The van der Waals surface area contributed by atoms with E-state index >= 15 is 0 Å². The van der Waals surface area contributed by atoms with Crippen molar-refractivity contribution in [2.75, 3.05) is 6.61 Å². The summed E-state index contributed by atoms with van der Waals surface area (Å²) in [5.41, 5.74) is 1.22. The van der Waals surface area contributed by atoms with Crippen LogP contribution in [0.3, 0.4) is 0 Å². The summed E-state index contributed by atoms with van der Waals surface area (Å²) in [6.07, 6.45) is 3.91. The molecule has 1 aliphatic carbocycles. The Labute approximate surface area is 87.9 Å². The molecule has 0 aromatic carbocycles. The van der Waals surface area contributed by atoms with Crippen molar-refractivity contribution in [2.45, 2.75) is 19.4 Å². The lowest BCUT2D eigenvalue weighted by Crippen LogP contribution is -2.33. The van der Waals surface area contributed by atoms with Crippen LogP contribution in [-0.2, 0) is 9.53 Å². The number of carboxylic acids is 1. The Kier molecular flexibility index (Phi) is 2.52. The van der Waals surface area contributed by atoms with Gasteiger partial charge in [-0.1, -0.05) is 6.08 Å². The van der Waals surface area contributed by atoms with E-state index in [0.29, 0.717) is 12.0 Å². The largest absolute Gasteiger partial charge is 0.497 e. The van der Waals surface area contributed by atoms with Crippen molar-refractivity contribution in [1.82, 2.24) is 0 Å². The van der Waals surface area contributed by atoms with Crippen LogP contribution in [0.2, 0.25) is 0 Å². The lowest BCUT2D eigenvalue weighted by molar-refractivity contribution is -0.134. The Bertz CT molecular complexity index is 342. The zero-order chi connectivity index (χ0) is 11.0. The maximum Gasteiger partial charge on any atom is 0.335 e. The van der Waals surface area contributed by atoms with Gasteiger partial charge in [-0.15, -0.1) is 0 Å². The van der Waals surface area contributed by atoms with Crippen LogP contribution in [0.4, 0.5) is 0 Å². The second-order valence-electron chi connectivity index (χ2n) is 4.02. The van der Waals surface area contributed by atoms with E-state index in [1.807, 2.05) is 13.0 Å². The van der Waals surface area contributed by atoms with Gasteiger partial charge in [-0.2, -0.15) is 0 Å². The number of carbonyl (C=O) groups is 1. The fourth-order valence-electron chi connectivity index (χ4n) is 2.50. The number of rotatable bonds is 2. The summed E-state index contributed by atoms with van der Waals surface area (Å²) in [7, 11) is 0. The van der Waals surface area contributed by atoms with Gasteiger partial charge < -0.3 is 14.9 Å². The van der Waals surface area contributed by atoms with Crippen LogP contribution in [-0.4, -0.2) is 28.9 Å². The van der Waals surface area contributed by atoms with Gasteiger partial charge >= 0.3 is 5.97 Å². The van der Waals surface area contributed by atoms with Gasteiger partial charge in [0, 0.05) is 11.8 Å². The molecule has 2 aliphatic rings. The number of allylic oxidation sites excluding steroid dienone is 1. The van der Waals surface area contributed by atoms with E-state index in [9.17, 15) is 4.79 Å². The van der Waals surface area contributed by atoms with E-state index in [0.717, 1.165) is 5.57 Å². The molecule has 0 amide bonds. The highest BCUT2D eigenvalue weighted by Crippen LogP contribution is 2.42. The third-order valence-electron chi connectivity index (χ3n) is 3.24. The first-order chi connectivity index (χ1) is 7.15. The summed E-state index contributed by atoms with van der Waals surface area (Å²) in [5.74, 6) is -0.941. The minimum absolute atomic E-state index is 0.0121. The highest BCUT2D eigenvalue weighted by Gasteiger charge is 2.41.